The maximum atomic E-state index is 12.5. The quantitative estimate of drug-likeness (QED) is 0.904. The van der Waals surface area contributed by atoms with Crippen molar-refractivity contribution < 1.29 is 18.0 Å². The topological polar surface area (TPSA) is 29.1 Å². The highest BCUT2D eigenvalue weighted by molar-refractivity contribution is 5.79. The van der Waals surface area contributed by atoms with Gasteiger partial charge in [-0.1, -0.05) is 26.0 Å². The third kappa shape index (κ3) is 2.97. The van der Waals surface area contributed by atoms with Gasteiger partial charge in [0.2, 0.25) is 5.91 Å². The fourth-order valence-corrected chi connectivity index (χ4v) is 2.68. The van der Waals surface area contributed by atoms with E-state index in [1.807, 2.05) is 13.8 Å². The predicted molar refractivity (Wildman–Crippen MR) is 70.1 cm³/mol. The van der Waals surface area contributed by atoms with E-state index < -0.39 is 11.7 Å². The zero-order valence-electron chi connectivity index (χ0n) is 11.6. The van der Waals surface area contributed by atoms with Crippen molar-refractivity contribution in [1.29, 1.82) is 0 Å². The van der Waals surface area contributed by atoms with Crippen LogP contribution >= 0.6 is 0 Å². The van der Waals surface area contributed by atoms with Crippen LogP contribution in [-0.4, -0.2) is 11.4 Å². The fourth-order valence-electron chi connectivity index (χ4n) is 2.68. The first-order valence-corrected chi connectivity index (χ1v) is 6.70. The molecule has 1 heterocycles. The Morgan fingerprint density at radius 3 is 2.25 bits per heavy atom. The van der Waals surface area contributed by atoms with E-state index in [0.717, 1.165) is 24.1 Å². The van der Waals surface area contributed by atoms with Crippen LogP contribution in [0.25, 0.3) is 0 Å². The zero-order chi connectivity index (χ0) is 15.0. The summed E-state index contributed by atoms with van der Waals surface area (Å²) in [6.45, 7) is 4.05. The number of alkyl halides is 3. The molecule has 2 rings (SSSR count). The van der Waals surface area contributed by atoms with Gasteiger partial charge in [-0.2, -0.15) is 13.2 Å². The average Bonchev–Trinajstić information content (AvgIpc) is 2.71. The van der Waals surface area contributed by atoms with E-state index in [1.165, 1.54) is 12.1 Å². The highest BCUT2D eigenvalue weighted by Crippen LogP contribution is 2.33. The van der Waals surface area contributed by atoms with Crippen molar-refractivity contribution in [3.05, 3.63) is 35.4 Å². The lowest BCUT2D eigenvalue weighted by Gasteiger charge is -2.33. The molecule has 5 heteroatoms. The molecule has 1 aromatic carbocycles. The lowest BCUT2D eigenvalue weighted by atomic mass is 9.79. The Kier molecular flexibility index (Phi) is 3.80. The van der Waals surface area contributed by atoms with Crippen molar-refractivity contribution in [2.45, 2.75) is 44.8 Å². The first kappa shape index (κ1) is 14.9. The molecule has 0 bridgehead atoms. The lowest BCUT2D eigenvalue weighted by molar-refractivity contribution is -0.137. The molecule has 2 nitrogen and oxygen atoms in total. The van der Waals surface area contributed by atoms with E-state index in [9.17, 15) is 18.0 Å². The SMILES string of the molecule is CC(C)C1(Cc2ccc(C(F)(F)F)cc2)CCC(=O)N1. The molecule has 1 aliphatic heterocycles. The van der Waals surface area contributed by atoms with Gasteiger partial charge in [-0.3, -0.25) is 4.79 Å². The van der Waals surface area contributed by atoms with Gasteiger partial charge in [0.25, 0.3) is 0 Å². The smallest absolute Gasteiger partial charge is 0.350 e. The maximum Gasteiger partial charge on any atom is 0.416 e. The molecule has 1 fully saturated rings. The summed E-state index contributed by atoms with van der Waals surface area (Å²) in [5, 5.41) is 3.00. The van der Waals surface area contributed by atoms with E-state index in [2.05, 4.69) is 5.32 Å². The Bertz CT molecular complexity index is 493. The van der Waals surface area contributed by atoms with Gasteiger partial charge in [0, 0.05) is 12.0 Å². The van der Waals surface area contributed by atoms with Crippen molar-refractivity contribution in [3.8, 4) is 0 Å². The minimum absolute atomic E-state index is 0.0191. The molecule has 1 N–H and O–H groups in total. The Morgan fingerprint density at radius 1 is 1.25 bits per heavy atom. The fraction of sp³-hybridized carbons (Fsp3) is 0.533. The van der Waals surface area contributed by atoms with E-state index >= 15 is 0 Å². The van der Waals surface area contributed by atoms with Gasteiger partial charge in [-0.15, -0.1) is 0 Å². The Hall–Kier alpha value is -1.52. The van der Waals surface area contributed by atoms with Gasteiger partial charge < -0.3 is 5.32 Å². The van der Waals surface area contributed by atoms with Crippen LogP contribution in [0.2, 0.25) is 0 Å². The Morgan fingerprint density at radius 2 is 1.85 bits per heavy atom. The molecule has 110 valence electrons. The van der Waals surface area contributed by atoms with Crippen LogP contribution in [0.5, 0.6) is 0 Å². The van der Waals surface area contributed by atoms with Crippen LogP contribution in [0.15, 0.2) is 24.3 Å². The van der Waals surface area contributed by atoms with Crippen LogP contribution in [0.4, 0.5) is 13.2 Å². The molecule has 0 aromatic heterocycles. The molecule has 1 amide bonds. The molecular weight excluding hydrogens is 267 g/mol. The van der Waals surface area contributed by atoms with Gasteiger partial charge in [0.05, 0.1) is 5.56 Å². The summed E-state index contributed by atoms with van der Waals surface area (Å²) in [4.78, 5) is 11.5. The minimum atomic E-state index is -4.31. The average molecular weight is 285 g/mol. The molecule has 0 radical (unpaired) electrons. The highest BCUT2D eigenvalue weighted by Gasteiger charge is 2.40. The second kappa shape index (κ2) is 5.11. The maximum absolute atomic E-state index is 12.5. The summed E-state index contributed by atoms with van der Waals surface area (Å²) in [6, 6.07) is 5.19. The van der Waals surface area contributed by atoms with Gasteiger partial charge in [-0.05, 0) is 36.5 Å². The number of hydrogen-bond acceptors (Lipinski definition) is 1. The first-order valence-electron chi connectivity index (χ1n) is 6.70. The number of hydrogen-bond donors (Lipinski definition) is 1. The van der Waals surface area contributed by atoms with Crippen LogP contribution in [-0.2, 0) is 17.4 Å². The van der Waals surface area contributed by atoms with Crippen LogP contribution in [0.3, 0.4) is 0 Å². The van der Waals surface area contributed by atoms with Crippen molar-refractivity contribution in [2.75, 3.05) is 0 Å². The second-order valence-electron chi connectivity index (χ2n) is 5.73. The van der Waals surface area contributed by atoms with Crippen molar-refractivity contribution in [1.82, 2.24) is 5.32 Å². The molecule has 0 aliphatic carbocycles. The normalized spacial score (nSPS) is 23.2. The number of benzene rings is 1. The second-order valence-corrected chi connectivity index (χ2v) is 5.73. The van der Waals surface area contributed by atoms with Crippen LogP contribution in [0.1, 0.15) is 37.8 Å². The van der Waals surface area contributed by atoms with Gasteiger partial charge in [0.1, 0.15) is 0 Å². The molecule has 1 atom stereocenters. The molecule has 0 saturated carbocycles. The summed E-state index contributed by atoms with van der Waals surface area (Å²) in [5.41, 5.74) is -0.166. The summed E-state index contributed by atoms with van der Waals surface area (Å²) >= 11 is 0. The van der Waals surface area contributed by atoms with Crippen LogP contribution in [0, 0.1) is 5.92 Å². The number of rotatable bonds is 3. The monoisotopic (exact) mass is 285 g/mol. The highest BCUT2D eigenvalue weighted by atomic mass is 19.4. The molecule has 1 saturated heterocycles. The standard InChI is InChI=1S/C15H18F3NO/c1-10(2)14(8-7-13(20)19-14)9-11-3-5-12(6-4-11)15(16,17)18/h3-6,10H,7-9H2,1-2H3,(H,19,20). The third-order valence-corrected chi connectivity index (χ3v) is 4.09. The number of carbonyl (C=O) groups is 1. The number of amides is 1. The van der Waals surface area contributed by atoms with E-state index in [1.54, 1.807) is 0 Å². The zero-order valence-corrected chi connectivity index (χ0v) is 11.6. The van der Waals surface area contributed by atoms with Gasteiger partial charge in [0.15, 0.2) is 0 Å². The number of nitrogens with one attached hydrogen (secondary N) is 1. The van der Waals surface area contributed by atoms with Crippen molar-refractivity contribution in [3.63, 3.8) is 0 Å². The largest absolute Gasteiger partial charge is 0.416 e. The molecule has 0 spiro atoms. The van der Waals surface area contributed by atoms with Gasteiger partial charge >= 0.3 is 6.18 Å². The summed E-state index contributed by atoms with van der Waals surface area (Å²) in [6.07, 6.45) is -2.53. The Labute approximate surface area is 116 Å². The third-order valence-electron chi connectivity index (χ3n) is 4.09. The minimum Gasteiger partial charge on any atom is -0.350 e. The lowest BCUT2D eigenvalue weighted by Crippen LogP contribution is -2.48. The van der Waals surface area contributed by atoms with Crippen molar-refractivity contribution in [2.24, 2.45) is 5.92 Å². The number of halogens is 3. The molecule has 20 heavy (non-hydrogen) atoms. The molecule has 1 aromatic rings. The van der Waals surface area contributed by atoms with Gasteiger partial charge in [-0.25, -0.2) is 0 Å². The first-order chi connectivity index (χ1) is 9.23. The summed E-state index contributed by atoms with van der Waals surface area (Å²) < 4.78 is 37.6. The van der Waals surface area contributed by atoms with E-state index in [-0.39, 0.29) is 17.4 Å². The molecular formula is C15H18F3NO. The molecule has 1 aliphatic rings. The number of carbonyl (C=O) groups excluding carboxylic acids is 1. The van der Waals surface area contributed by atoms with E-state index in [4.69, 9.17) is 0 Å². The predicted octanol–water partition coefficient (Wildman–Crippen LogP) is 3.55. The van der Waals surface area contributed by atoms with Crippen molar-refractivity contribution >= 4 is 5.91 Å². The van der Waals surface area contributed by atoms with Crippen LogP contribution < -0.4 is 5.32 Å². The Balaban J connectivity index is 2.18. The van der Waals surface area contributed by atoms with E-state index in [0.29, 0.717) is 12.8 Å². The molecule has 1 unspecified atom stereocenters. The summed E-state index contributed by atoms with van der Waals surface area (Å²) in [5.74, 6) is 0.252. The summed E-state index contributed by atoms with van der Waals surface area (Å²) in [7, 11) is 0.